The van der Waals surface area contributed by atoms with Gasteiger partial charge in [-0.1, -0.05) is 17.7 Å². The van der Waals surface area contributed by atoms with E-state index in [4.69, 9.17) is 16.3 Å². The zero-order valence-corrected chi connectivity index (χ0v) is 13.0. The lowest BCUT2D eigenvalue weighted by atomic mass is 10.1. The van der Waals surface area contributed by atoms with Crippen molar-refractivity contribution in [2.75, 3.05) is 7.11 Å². The molecule has 1 heterocycles. The highest BCUT2D eigenvalue weighted by Crippen LogP contribution is 2.34. The largest absolute Gasteiger partial charge is 0.504 e. The molecule has 0 amide bonds. The van der Waals surface area contributed by atoms with Crippen molar-refractivity contribution in [3.05, 3.63) is 59.4 Å². The molecule has 0 bridgehead atoms. The van der Waals surface area contributed by atoms with Gasteiger partial charge < -0.3 is 9.84 Å². The van der Waals surface area contributed by atoms with E-state index < -0.39 is 0 Å². The van der Waals surface area contributed by atoms with Crippen molar-refractivity contribution in [1.29, 1.82) is 0 Å². The van der Waals surface area contributed by atoms with E-state index in [1.165, 1.54) is 7.11 Å². The summed E-state index contributed by atoms with van der Waals surface area (Å²) < 4.78 is 6.78. The third kappa shape index (κ3) is 2.91. The molecule has 0 aliphatic carbocycles. The van der Waals surface area contributed by atoms with E-state index in [2.05, 4.69) is 5.10 Å². The predicted molar refractivity (Wildman–Crippen MR) is 87.6 cm³/mol. The second kappa shape index (κ2) is 6.14. The summed E-state index contributed by atoms with van der Waals surface area (Å²) in [6.07, 6.45) is 4.07. The zero-order chi connectivity index (χ0) is 16.4. The molecule has 0 saturated heterocycles. The second-order valence-corrected chi connectivity index (χ2v) is 5.32. The molecule has 116 valence electrons. The number of nitrogens with zero attached hydrogens (tertiary/aromatic N) is 2. The minimum Gasteiger partial charge on any atom is -0.504 e. The Balaban J connectivity index is 2.05. The molecule has 0 aliphatic rings. The topological polar surface area (TPSA) is 64.4 Å². The van der Waals surface area contributed by atoms with E-state index in [1.54, 1.807) is 35.1 Å². The van der Waals surface area contributed by atoms with E-state index in [1.807, 2.05) is 18.3 Å². The molecule has 0 radical (unpaired) electrons. The van der Waals surface area contributed by atoms with Gasteiger partial charge in [-0.15, -0.1) is 0 Å². The van der Waals surface area contributed by atoms with Gasteiger partial charge in [-0.25, -0.2) is 4.68 Å². The molecule has 5 nitrogen and oxygen atoms in total. The van der Waals surface area contributed by atoms with Crippen LogP contribution in [0.1, 0.15) is 10.4 Å². The number of aldehydes is 1. The summed E-state index contributed by atoms with van der Waals surface area (Å²) in [5.41, 5.74) is 2.49. The highest BCUT2D eigenvalue weighted by Gasteiger charge is 2.12. The first-order valence-corrected chi connectivity index (χ1v) is 7.17. The lowest BCUT2D eigenvalue weighted by Crippen LogP contribution is -1.93. The number of ether oxygens (including phenoxy) is 1. The summed E-state index contributed by atoms with van der Waals surface area (Å²) in [7, 11) is 1.43. The van der Waals surface area contributed by atoms with Crippen molar-refractivity contribution in [3.8, 4) is 28.3 Å². The number of carbonyl (C=O) groups is 1. The van der Waals surface area contributed by atoms with Gasteiger partial charge in [0.25, 0.3) is 0 Å². The summed E-state index contributed by atoms with van der Waals surface area (Å²) in [6.45, 7) is 0. The van der Waals surface area contributed by atoms with Gasteiger partial charge in [-0.05, 0) is 35.9 Å². The first-order valence-electron chi connectivity index (χ1n) is 6.79. The van der Waals surface area contributed by atoms with E-state index >= 15 is 0 Å². The quantitative estimate of drug-likeness (QED) is 0.741. The fourth-order valence-corrected chi connectivity index (χ4v) is 2.46. The Hall–Kier alpha value is -2.79. The molecular formula is C17H13ClN2O3. The monoisotopic (exact) mass is 328 g/mol. The van der Waals surface area contributed by atoms with Gasteiger partial charge in [-0.3, -0.25) is 4.79 Å². The molecule has 1 N–H and O–H groups in total. The summed E-state index contributed by atoms with van der Waals surface area (Å²) in [5.74, 6) is 0.0635. The van der Waals surface area contributed by atoms with Crippen molar-refractivity contribution < 1.29 is 14.6 Å². The molecule has 0 atom stereocenters. The highest BCUT2D eigenvalue weighted by molar-refractivity contribution is 6.30. The Kier molecular flexibility index (Phi) is 4.04. The number of phenolic OH excluding ortho intramolecular Hbond substituents is 1. The van der Waals surface area contributed by atoms with Gasteiger partial charge in [0.1, 0.15) is 0 Å². The standard InChI is InChI=1S/C17H13ClN2O3/c1-23-16-6-11(5-12(10-21)17(16)22)13-8-19-20(9-13)15-4-2-3-14(18)7-15/h2-10,22H,1H3. The first kappa shape index (κ1) is 15.1. The molecule has 1 aromatic heterocycles. The van der Waals surface area contributed by atoms with Gasteiger partial charge in [0.2, 0.25) is 0 Å². The minimum atomic E-state index is -0.173. The van der Waals surface area contributed by atoms with Crippen LogP contribution >= 0.6 is 11.6 Å². The predicted octanol–water partition coefficient (Wildman–Crippen LogP) is 3.72. The van der Waals surface area contributed by atoms with Crippen LogP contribution in [0.15, 0.2) is 48.8 Å². The van der Waals surface area contributed by atoms with Crippen LogP contribution in [-0.2, 0) is 0 Å². The van der Waals surface area contributed by atoms with E-state index in [0.717, 1.165) is 16.8 Å². The SMILES string of the molecule is COc1cc(-c2cnn(-c3cccc(Cl)c3)c2)cc(C=O)c1O. The maximum absolute atomic E-state index is 11.1. The van der Waals surface area contributed by atoms with Crippen LogP contribution in [-0.4, -0.2) is 28.3 Å². The molecule has 0 fully saturated rings. The normalized spacial score (nSPS) is 10.5. The van der Waals surface area contributed by atoms with E-state index in [-0.39, 0.29) is 17.1 Å². The summed E-state index contributed by atoms with van der Waals surface area (Å²) in [6, 6.07) is 10.6. The minimum absolute atomic E-state index is 0.162. The number of rotatable bonds is 4. The third-order valence-electron chi connectivity index (χ3n) is 3.44. The van der Waals surface area contributed by atoms with Crippen LogP contribution in [0.5, 0.6) is 11.5 Å². The van der Waals surface area contributed by atoms with E-state index in [0.29, 0.717) is 11.3 Å². The van der Waals surface area contributed by atoms with Crippen LogP contribution in [0.2, 0.25) is 5.02 Å². The lowest BCUT2D eigenvalue weighted by Gasteiger charge is -2.08. The van der Waals surface area contributed by atoms with Crippen molar-refractivity contribution in [3.63, 3.8) is 0 Å². The molecule has 0 spiro atoms. The van der Waals surface area contributed by atoms with Gasteiger partial charge in [0, 0.05) is 16.8 Å². The Morgan fingerprint density at radius 2 is 2.09 bits per heavy atom. The van der Waals surface area contributed by atoms with Gasteiger partial charge in [0.15, 0.2) is 17.8 Å². The Bertz CT molecular complexity index is 874. The summed E-state index contributed by atoms with van der Waals surface area (Å²) in [5, 5.41) is 14.8. The lowest BCUT2D eigenvalue weighted by molar-refractivity contribution is 0.112. The fraction of sp³-hybridized carbons (Fsp3) is 0.0588. The van der Waals surface area contributed by atoms with Crippen LogP contribution < -0.4 is 4.74 Å². The number of halogens is 1. The number of aromatic nitrogens is 2. The molecule has 0 saturated carbocycles. The maximum atomic E-state index is 11.1. The van der Waals surface area contributed by atoms with Gasteiger partial charge >= 0.3 is 0 Å². The molecule has 2 aromatic carbocycles. The van der Waals surface area contributed by atoms with Crippen LogP contribution in [0.3, 0.4) is 0 Å². The van der Waals surface area contributed by atoms with Crippen molar-refractivity contribution in [2.24, 2.45) is 0 Å². The molecule has 0 unspecified atom stereocenters. The average molecular weight is 329 g/mol. The molecule has 3 aromatic rings. The number of aromatic hydroxyl groups is 1. The van der Waals surface area contributed by atoms with Crippen molar-refractivity contribution in [2.45, 2.75) is 0 Å². The molecular weight excluding hydrogens is 316 g/mol. The van der Waals surface area contributed by atoms with Crippen molar-refractivity contribution >= 4 is 17.9 Å². The second-order valence-electron chi connectivity index (χ2n) is 4.89. The first-order chi connectivity index (χ1) is 11.1. The van der Waals surface area contributed by atoms with Gasteiger partial charge in [-0.2, -0.15) is 5.10 Å². The number of phenols is 1. The van der Waals surface area contributed by atoms with Crippen LogP contribution in [0, 0.1) is 0 Å². The van der Waals surface area contributed by atoms with Gasteiger partial charge in [0.05, 0.1) is 24.6 Å². The zero-order valence-electron chi connectivity index (χ0n) is 12.2. The molecule has 0 aliphatic heterocycles. The Morgan fingerprint density at radius 3 is 2.78 bits per heavy atom. The van der Waals surface area contributed by atoms with E-state index in [9.17, 15) is 9.90 Å². The maximum Gasteiger partial charge on any atom is 0.168 e. The average Bonchev–Trinajstić information content (AvgIpc) is 3.05. The van der Waals surface area contributed by atoms with Crippen LogP contribution in [0.25, 0.3) is 16.8 Å². The Morgan fingerprint density at radius 1 is 1.26 bits per heavy atom. The number of carbonyl (C=O) groups excluding carboxylic acids is 1. The fourth-order valence-electron chi connectivity index (χ4n) is 2.27. The molecule has 6 heteroatoms. The summed E-state index contributed by atoms with van der Waals surface area (Å²) in [4.78, 5) is 11.1. The highest BCUT2D eigenvalue weighted by atomic mass is 35.5. The molecule has 3 rings (SSSR count). The Labute approximate surface area is 137 Å². The summed E-state index contributed by atoms with van der Waals surface area (Å²) >= 11 is 5.99. The number of hydrogen-bond acceptors (Lipinski definition) is 4. The smallest absolute Gasteiger partial charge is 0.168 e. The number of benzene rings is 2. The van der Waals surface area contributed by atoms with Crippen LogP contribution in [0.4, 0.5) is 0 Å². The number of methoxy groups -OCH3 is 1. The molecule has 23 heavy (non-hydrogen) atoms. The number of hydrogen-bond donors (Lipinski definition) is 1. The third-order valence-corrected chi connectivity index (χ3v) is 3.68. The van der Waals surface area contributed by atoms with Crippen molar-refractivity contribution in [1.82, 2.24) is 9.78 Å².